The molecule has 6 heteroatoms. The van der Waals surface area contributed by atoms with E-state index in [2.05, 4.69) is 4.98 Å². The van der Waals surface area contributed by atoms with Gasteiger partial charge in [-0.2, -0.15) is 0 Å². The fraction of sp³-hybridized carbons (Fsp3) is 0.444. The van der Waals surface area contributed by atoms with Crippen LogP contribution in [-0.2, 0) is 17.6 Å². The lowest BCUT2D eigenvalue weighted by Gasteiger charge is -2.28. The first-order valence-electron chi connectivity index (χ1n) is 8.02. The smallest absolute Gasteiger partial charge is 0.229 e. The Morgan fingerprint density at radius 1 is 1.50 bits per heavy atom. The summed E-state index contributed by atoms with van der Waals surface area (Å²) in [7, 11) is 3.50. The van der Waals surface area contributed by atoms with Gasteiger partial charge in [0.05, 0.1) is 24.2 Å². The summed E-state index contributed by atoms with van der Waals surface area (Å²) in [6, 6.07) is 5.74. The minimum Gasteiger partial charge on any atom is -0.497 e. The number of nitrogens with zero attached hydrogens (tertiary/aromatic N) is 2. The predicted octanol–water partition coefficient (Wildman–Crippen LogP) is 2.71. The summed E-state index contributed by atoms with van der Waals surface area (Å²) in [6.07, 6.45) is 1.53. The van der Waals surface area contributed by atoms with Crippen molar-refractivity contribution in [3.8, 4) is 11.5 Å². The molecule has 0 aliphatic carbocycles. The molecule has 0 saturated heterocycles. The molecule has 0 unspecified atom stereocenters. The number of carbonyl (C=O) groups excluding carboxylic acids is 1. The number of rotatable bonds is 5. The van der Waals surface area contributed by atoms with Crippen molar-refractivity contribution in [2.75, 3.05) is 27.3 Å². The summed E-state index contributed by atoms with van der Waals surface area (Å²) < 4.78 is 11.0. The number of aromatic nitrogens is 1. The lowest BCUT2D eigenvalue weighted by Crippen LogP contribution is -2.39. The molecule has 1 amide bonds. The molecule has 0 bridgehead atoms. The van der Waals surface area contributed by atoms with Crippen LogP contribution in [0.1, 0.15) is 16.1 Å². The molecule has 1 aromatic heterocycles. The highest BCUT2D eigenvalue weighted by atomic mass is 32.1. The van der Waals surface area contributed by atoms with Crippen molar-refractivity contribution in [2.45, 2.75) is 19.8 Å². The zero-order chi connectivity index (χ0) is 17.1. The molecule has 2 aromatic rings. The highest BCUT2D eigenvalue weighted by Crippen LogP contribution is 2.31. The molecule has 128 valence electrons. The summed E-state index contributed by atoms with van der Waals surface area (Å²) in [5.74, 6) is 1.63. The molecule has 0 radical (unpaired) electrons. The lowest BCUT2D eigenvalue weighted by molar-refractivity contribution is -0.135. The largest absolute Gasteiger partial charge is 0.497 e. The third kappa shape index (κ3) is 3.53. The molecule has 0 saturated carbocycles. The van der Waals surface area contributed by atoms with E-state index in [1.165, 1.54) is 4.88 Å². The topological polar surface area (TPSA) is 51.7 Å². The van der Waals surface area contributed by atoms with Crippen LogP contribution in [0, 0.1) is 12.8 Å². The first-order valence-corrected chi connectivity index (χ1v) is 8.90. The van der Waals surface area contributed by atoms with E-state index in [1.54, 1.807) is 23.3 Å². The Morgan fingerprint density at radius 3 is 3.04 bits per heavy atom. The van der Waals surface area contributed by atoms with Gasteiger partial charge in [-0.15, -0.1) is 11.3 Å². The Balaban J connectivity index is 1.61. The maximum atomic E-state index is 12.7. The summed E-state index contributed by atoms with van der Waals surface area (Å²) in [4.78, 5) is 20.0. The number of aryl methyl sites for hydroxylation is 1. The number of thiazole rings is 1. The Bertz CT molecular complexity index is 729. The van der Waals surface area contributed by atoms with Crippen molar-refractivity contribution >= 4 is 17.2 Å². The third-order valence-electron chi connectivity index (χ3n) is 4.42. The van der Waals surface area contributed by atoms with Gasteiger partial charge in [-0.3, -0.25) is 4.79 Å². The minimum atomic E-state index is -0.142. The number of carbonyl (C=O) groups is 1. The van der Waals surface area contributed by atoms with E-state index in [1.807, 2.05) is 37.7 Å². The van der Waals surface area contributed by atoms with Crippen molar-refractivity contribution in [3.05, 3.63) is 39.8 Å². The van der Waals surface area contributed by atoms with E-state index >= 15 is 0 Å². The van der Waals surface area contributed by atoms with Crippen LogP contribution in [0.2, 0.25) is 0 Å². The SMILES string of the molecule is COc1ccc2c(c1)C[C@H](C(=O)N(C)CCc1scnc1C)CO2. The second-order valence-electron chi connectivity index (χ2n) is 6.06. The highest BCUT2D eigenvalue weighted by Gasteiger charge is 2.28. The van der Waals surface area contributed by atoms with Gasteiger partial charge in [-0.1, -0.05) is 0 Å². The molecule has 2 heterocycles. The molecule has 3 rings (SSSR count). The van der Waals surface area contributed by atoms with Gasteiger partial charge < -0.3 is 14.4 Å². The normalized spacial score (nSPS) is 16.2. The maximum Gasteiger partial charge on any atom is 0.229 e. The number of ether oxygens (including phenoxy) is 2. The van der Waals surface area contributed by atoms with Crippen LogP contribution in [-0.4, -0.2) is 43.1 Å². The van der Waals surface area contributed by atoms with Crippen molar-refractivity contribution in [3.63, 3.8) is 0 Å². The molecular weight excluding hydrogens is 324 g/mol. The second kappa shape index (κ2) is 7.21. The predicted molar refractivity (Wildman–Crippen MR) is 93.9 cm³/mol. The van der Waals surface area contributed by atoms with Crippen LogP contribution >= 0.6 is 11.3 Å². The fourth-order valence-electron chi connectivity index (χ4n) is 2.91. The molecule has 1 aliphatic heterocycles. The van der Waals surface area contributed by atoms with Gasteiger partial charge in [0.2, 0.25) is 5.91 Å². The van der Waals surface area contributed by atoms with E-state index in [9.17, 15) is 4.79 Å². The summed E-state index contributed by atoms with van der Waals surface area (Å²) in [5.41, 5.74) is 3.94. The van der Waals surface area contributed by atoms with E-state index in [4.69, 9.17) is 9.47 Å². The number of hydrogen-bond donors (Lipinski definition) is 0. The van der Waals surface area contributed by atoms with E-state index in [0.717, 1.165) is 29.2 Å². The zero-order valence-corrected chi connectivity index (χ0v) is 15.1. The van der Waals surface area contributed by atoms with Crippen LogP contribution in [0.5, 0.6) is 11.5 Å². The average molecular weight is 346 g/mol. The third-order valence-corrected chi connectivity index (χ3v) is 5.41. The van der Waals surface area contributed by atoms with Gasteiger partial charge >= 0.3 is 0 Å². The van der Waals surface area contributed by atoms with Gasteiger partial charge in [0, 0.05) is 24.9 Å². The zero-order valence-electron chi connectivity index (χ0n) is 14.2. The molecular formula is C18H22N2O3S. The van der Waals surface area contributed by atoms with Gasteiger partial charge in [0.15, 0.2) is 0 Å². The van der Waals surface area contributed by atoms with Crippen molar-refractivity contribution in [1.82, 2.24) is 9.88 Å². The molecule has 0 fully saturated rings. The number of benzene rings is 1. The second-order valence-corrected chi connectivity index (χ2v) is 7.00. The number of methoxy groups -OCH3 is 1. The first-order chi connectivity index (χ1) is 11.6. The summed E-state index contributed by atoms with van der Waals surface area (Å²) >= 11 is 1.65. The van der Waals surface area contributed by atoms with Gasteiger partial charge in [-0.05, 0) is 37.1 Å². The monoisotopic (exact) mass is 346 g/mol. The van der Waals surface area contributed by atoms with Crippen LogP contribution in [0.15, 0.2) is 23.7 Å². The Kier molecular flexibility index (Phi) is 5.04. The summed E-state index contributed by atoms with van der Waals surface area (Å²) in [6.45, 7) is 3.14. The quantitative estimate of drug-likeness (QED) is 0.835. The van der Waals surface area contributed by atoms with Gasteiger partial charge in [-0.25, -0.2) is 4.98 Å². The van der Waals surface area contributed by atoms with E-state index in [-0.39, 0.29) is 11.8 Å². The Hall–Kier alpha value is -2.08. The first kappa shape index (κ1) is 16.8. The van der Waals surface area contributed by atoms with Gasteiger partial charge in [0.25, 0.3) is 0 Å². The lowest BCUT2D eigenvalue weighted by atomic mass is 9.95. The molecule has 1 atom stereocenters. The van der Waals surface area contributed by atoms with Crippen molar-refractivity contribution in [2.24, 2.45) is 5.92 Å². The average Bonchev–Trinajstić information content (AvgIpc) is 3.02. The number of amides is 1. The molecule has 1 aromatic carbocycles. The van der Waals surface area contributed by atoms with E-state index in [0.29, 0.717) is 19.6 Å². The summed E-state index contributed by atoms with van der Waals surface area (Å²) in [5, 5.41) is 0. The maximum absolute atomic E-state index is 12.7. The van der Waals surface area contributed by atoms with Crippen LogP contribution in [0.4, 0.5) is 0 Å². The molecule has 5 nitrogen and oxygen atoms in total. The molecule has 0 spiro atoms. The molecule has 0 N–H and O–H groups in total. The molecule has 1 aliphatic rings. The van der Waals surface area contributed by atoms with Crippen LogP contribution < -0.4 is 9.47 Å². The van der Waals surface area contributed by atoms with Gasteiger partial charge in [0.1, 0.15) is 18.1 Å². The minimum absolute atomic E-state index is 0.130. The van der Waals surface area contributed by atoms with Crippen molar-refractivity contribution < 1.29 is 14.3 Å². The van der Waals surface area contributed by atoms with E-state index < -0.39 is 0 Å². The fourth-order valence-corrected chi connectivity index (χ4v) is 3.68. The number of likely N-dealkylation sites (N-methyl/N-ethyl adjacent to an activating group) is 1. The van der Waals surface area contributed by atoms with Crippen molar-refractivity contribution in [1.29, 1.82) is 0 Å². The number of hydrogen-bond acceptors (Lipinski definition) is 5. The highest BCUT2D eigenvalue weighted by molar-refractivity contribution is 7.09. The number of fused-ring (bicyclic) bond motifs is 1. The molecule has 24 heavy (non-hydrogen) atoms. The Morgan fingerprint density at radius 2 is 2.33 bits per heavy atom. The van der Waals surface area contributed by atoms with Crippen LogP contribution in [0.3, 0.4) is 0 Å². The van der Waals surface area contributed by atoms with Crippen LogP contribution in [0.25, 0.3) is 0 Å². The Labute approximate surface area is 146 Å². The standard InChI is InChI=1S/C18H22N2O3S/c1-12-17(24-11-19-12)6-7-20(2)18(21)14-8-13-9-15(22-3)4-5-16(13)23-10-14/h4-5,9,11,14H,6-8,10H2,1-3H3/t14-/m0/s1.